The number of nitrogens with zero attached hydrogens (tertiary/aromatic N) is 3. The van der Waals surface area contributed by atoms with Gasteiger partial charge in [0.25, 0.3) is 0 Å². The number of hydrogen-bond donors (Lipinski definition) is 1. The average molecular weight is 284 g/mol. The Hall–Kier alpha value is -1.97. The summed E-state index contributed by atoms with van der Waals surface area (Å²) in [4.78, 5) is 6.63. The second-order valence-electron chi connectivity index (χ2n) is 6.12. The van der Waals surface area contributed by atoms with Gasteiger partial charge in [0, 0.05) is 43.9 Å². The first-order valence-electron chi connectivity index (χ1n) is 7.73. The number of nitrogens with one attached hydrogen (secondary N) is 1. The SMILES string of the molecule is Cc1ccc(Nc2nccn2C2CCCC2)cc1N(C)C. The summed E-state index contributed by atoms with van der Waals surface area (Å²) in [5.41, 5.74) is 3.61. The van der Waals surface area contributed by atoms with Gasteiger partial charge in [-0.3, -0.25) is 0 Å². The molecule has 4 nitrogen and oxygen atoms in total. The second-order valence-corrected chi connectivity index (χ2v) is 6.12. The van der Waals surface area contributed by atoms with Crippen LogP contribution in [0.3, 0.4) is 0 Å². The topological polar surface area (TPSA) is 33.1 Å². The molecule has 2 aromatic rings. The van der Waals surface area contributed by atoms with Crippen molar-refractivity contribution in [2.45, 2.75) is 38.6 Å². The minimum absolute atomic E-state index is 0.605. The van der Waals surface area contributed by atoms with E-state index in [0.29, 0.717) is 6.04 Å². The molecule has 1 fully saturated rings. The largest absolute Gasteiger partial charge is 0.377 e. The molecule has 0 amide bonds. The summed E-state index contributed by atoms with van der Waals surface area (Å²) in [7, 11) is 4.15. The van der Waals surface area contributed by atoms with Gasteiger partial charge in [-0.15, -0.1) is 0 Å². The summed E-state index contributed by atoms with van der Waals surface area (Å²) >= 11 is 0. The molecule has 112 valence electrons. The van der Waals surface area contributed by atoms with Gasteiger partial charge in [-0.25, -0.2) is 4.98 Å². The lowest BCUT2D eigenvalue weighted by atomic mass is 10.1. The zero-order valence-electron chi connectivity index (χ0n) is 13.1. The maximum absolute atomic E-state index is 4.49. The van der Waals surface area contributed by atoms with E-state index in [4.69, 9.17) is 0 Å². The van der Waals surface area contributed by atoms with Crippen LogP contribution in [-0.4, -0.2) is 23.6 Å². The van der Waals surface area contributed by atoms with Crippen LogP contribution in [0.25, 0.3) is 0 Å². The number of benzene rings is 1. The fraction of sp³-hybridized carbons (Fsp3) is 0.471. The van der Waals surface area contributed by atoms with Crippen LogP contribution in [0.2, 0.25) is 0 Å². The molecule has 0 radical (unpaired) electrons. The van der Waals surface area contributed by atoms with Crippen molar-refractivity contribution in [1.82, 2.24) is 9.55 Å². The van der Waals surface area contributed by atoms with E-state index in [2.05, 4.69) is 65.2 Å². The van der Waals surface area contributed by atoms with Gasteiger partial charge >= 0.3 is 0 Å². The lowest BCUT2D eigenvalue weighted by Gasteiger charge is -2.19. The van der Waals surface area contributed by atoms with Crippen molar-refractivity contribution in [3.63, 3.8) is 0 Å². The number of hydrogen-bond acceptors (Lipinski definition) is 3. The summed E-state index contributed by atoms with van der Waals surface area (Å²) in [6.45, 7) is 2.14. The molecule has 1 N–H and O–H groups in total. The summed E-state index contributed by atoms with van der Waals surface area (Å²) in [6.07, 6.45) is 9.18. The second kappa shape index (κ2) is 5.80. The van der Waals surface area contributed by atoms with Gasteiger partial charge in [0.05, 0.1) is 0 Å². The van der Waals surface area contributed by atoms with Crippen LogP contribution in [0.4, 0.5) is 17.3 Å². The molecule has 0 saturated heterocycles. The quantitative estimate of drug-likeness (QED) is 0.917. The van der Waals surface area contributed by atoms with Crippen LogP contribution in [0.5, 0.6) is 0 Å². The molecular weight excluding hydrogens is 260 g/mol. The summed E-state index contributed by atoms with van der Waals surface area (Å²) < 4.78 is 2.29. The lowest BCUT2D eigenvalue weighted by Crippen LogP contribution is -2.11. The molecule has 4 heteroatoms. The molecule has 0 bridgehead atoms. The fourth-order valence-corrected chi connectivity index (χ4v) is 3.18. The molecular formula is C17H24N4. The van der Waals surface area contributed by atoms with Crippen LogP contribution >= 0.6 is 0 Å². The van der Waals surface area contributed by atoms with Gasteiger partial charge in [-0.1, -0.05) is 18.9 Å². The molecule has 1 aromatic carbocycles. The number of aromatic nitrogens is 2. The molecule has 0 aliphatic heterocycles. The molecule has 21 heavy (non-hydrogen) atoms. The van der Waals surface area contributed by atoms with Crippen LogP contribution < -0.4 is 10.2 Å². The highest BCUT2D eigenvalue weighted by atomic mass is 15.2. The first-order chi connectivity index (χ1) is 10.1. The van der Waals surface area contributed by atoms with Crippen molar-refractivity contribution in [2.75, 3.05) is 24.3 Å². The first-order valence-corrected chi connectivity index (χ1v) is 7.73. The van der Waals surface area contributed by atoms with Crippen molar-refractivity contribution < 1.29 is 0 Å². The van der Waals surface area contributed by atoms with E-state index in [-0.39, 0.29) is 0 Å². The van der Waals surface area contributed by atoms with Gasteiger partial charge < -0.3 is 14.8 Å². The monoisotopic (exact) mass is 284 g/mol. The molecule has 0 unspecified atom stereocenters. The predicted octanol–water partition coefficient (Wildman–Crippen LogP) is 4.12. The first kappa shape index (κ1) is 14.0. The van der Waals surface area contributed by atoms with Crippen LogP contribution in [0, 0.1) is 6.92 Å². The number of rotatable bonds is 4. The maximum Gasteiger partial charge on any atom is 0.207 e. The van der Waals surface area contributed by atoms with Crippen LogP contribution in [0.15, 0.2) is 30.6 Å². The highest BCUT2D eigenvalue weighted by molar-refractivity contribution is 5.65. The highest BCUT2D eigenvalue weighted by Gasteiger charge is 2.19. The Morgan fingerprint density at radius 3 is 2.71 bits per heavy atom. The molecule has 0 spiro atoms. The van der Waals surface area contributed by atoms with Crippen molar-refractivity contribution in [1.29, 1.82) is 0 Å². The van der Waals surface area contributed by atoms with E-state index in [1.165, 1.54) is 36.9 Å². The van der Waals surface area contributed by atoms with Gasteiger partial charge in [-0.2, -0.15) is 0 Å². The Bertz CT molecular complexity index is 609. The van der Waals surface area contributed by atoms with E-state index in [1.54, 1.807) is 0 Å². The van der Waals surface area contributed by atoms with E-state index in [1.807, 2.05) is 6.20 Å². The molecule has 1 aliphatic rings. The molecule has 1 heterocycles. The van der Waals surface area contributed by atoms with Crippen molar-refractivity contribution >= 4 is 17.3 Å². The minimum atomic E-state index is 0.605. The molecule has 0 atom stereocenters. The third kappa shape index (κ3) is 2.89. The van der Waals surface area contributed by atoms with E-state index >= 15 is 0 Å². The smallest absolute Gasteiger partial charge is 0.207 e. The van der Waals surface area contributed by atoms with Gasteiger partial charge in [0.15, 0.2) is 0 Å². The Morgan fingerprint density at radius 2 is 2.00 bits per heavy atom. The standard InChI is InChI=1S/C17H24N4/c1-13-8-9-14(12-16(13)20(2)3)19-17-18-10-11-21(17)15-6-4-5-7-15/h8-12,15H,4-7H2,1-3H3,(H,18,19). The third-order valence-corrected chi connectivity index (χ3v) is 4.33. The Kier molecular flexibility index (Phi) is 3.86. The Labute approximate surface area is 126 Å². The normalized spacial score (nSPS) is 15.4. The van der Waals surface area contributed by atoms with Crippen LogP contribution in [0.1, 0.15) is 37.3 Å². The molecule has 1 saturated carbocycles. The van der Waals surface area contributed by atoms with Crippen LogP contribution in [-0.2, 0) is 0 Å². The Balaban J connectivity index is 1.84. The van der Waals surface area contributed by atoms with Gasteiger partial charge in [-0.05, 0) is 37.5 Å². The van der Waals surface area contributed by atoms with E-state index < -0.39 is 0 Å². The fourth-order valence-electron chi connectivity index (χ4n) is 3.18. The lowest BCUT2D eigenvalue weighted by molar-refractivity contribution is 0.525. The van der Waals surface area contributed by atoms with Crippen molar-refractivity contribution in [3.8, 4) is 0 Å². The van der Waals surface area contributed by atoms with Gasteiger partial charge in [0.2, 0.25) is 5.95 Å². The third-order valence-electron chi connectivity index (χ3n) is 4.33. The minimum Gasteiger partial charge on any atom is -0.377 e. The van der Waals surface area contributed by atoms with Gasteiger partial charge in [0.1, 0.15) is 0 Å². The zero-order valence-corrected chi connectivity index (χ0v) is 13.1. The summed E-state index contributed by atoms with van der Waals surface area (Å²) in [5, 5.41) is 3.48. The Morgan fingerprint density at radius 1 is 1.24 bits per heavy atom. The van der Waals surface area contributed by atoms with Crippen molar-refractivity contribution in [3.05, 3.63) is 36.2 Å². The van der Waals surface area contributed by atoms with E-state index in [9.17, 15) is 0 Å². The molecule has 1 aromatic heterocycles. The molecule has 3 rings (SSSR count). The van der Waals surface area contributed by atoms with E-state index in [0.717, 1.165) is 11.6 Å². The zero-order chi connectivity index (χ0) is 14.8. The predicted molar refractivity (Wildman–Crippen MR) is 88.5 cm³/mol. The molecule has 1 aliphatic carbocycles. The van der Waals surface area contributed by atoms with Crippen molar-refractivity contribution in [2.24, 2.45) is 0 Å². The summed E-state index contributed by atoms with van der Waals surface area (Å²) in [6, 6.07) is 7.06. The average Bonchev–Trinajstić information content (AvgIpc) is 3.11. The number of aryl methyl sites for hydroxylation is 1. The summed E-state index contributed by atoms with van der Waals surface area (Å²) in [5.74, 6) is 0.954. The maximum atomic E-state index is 4.49. The highest BCUT2D eigenvalue weighted by Crippen LogP contribution is 2.32. The number of imidazole rings is 1. The number of anilines is 3.